The van der Waals surface area contributed by atoms with Crippen LogP contribution in [0, 0.1) is 0 Å². The Morgan fingerprint density at radius 3 is 2.48 bits per heavy atom. The lowest BCUT2D eigenvalue weighted by Crippen LogP contribution is -2.29. The number of anilines is 1. The van der Waals surface area contributed by atoms with Crippen molar-refractivity contribution in [3.8, 4) is 22.5 Å². The van der Waals surface area contributed by atoms with Gasteiger partial charge in [-0.15, -0.1) is 0 Å². The highest BCUT2D eigenvalue weighted by Gasteiger charge is 2.27. The monoisotopic (exact) mass is 539 g/mol. The number of carbonyl (C=O) groups is 1. The van der Waals surface area contributed by atoms with E-state index in [1.165, 1.54) is 5.56 Å². The molecule has 1 N–H and O–H groups in total. The molecule has 7 heteroatoms. The lowest BCUT2D eigenvalue weighted by atomic mass is 9.90. The average Bonchev–Trinajstić information content (AvgIpc) is 2.97. The van der Waals surface area contributed by atoms with Crippen LogP contribution in [0.2, 0.25) is 0 Å². The molecule has 0 atom stereocenters. The first-order valence-corrected chi connectivity index (χ1v) is 14.0. The lowest BCUT2D eigenvalue weighted by molar-refractivity contribution is 0.0697. The van der Waals surface area contributed by atoms with Crippen molar-refractivity contribution in [1.82, 2.24) is 4.58 Å². The first-order chi connectivity index (χ1) is 19.4. The SMILES string of the molecule is CC.CC[N+](CC)=c1ccc2c(-c3ccccc3C(=O)O)c3c(=O)oc4cc5c(cc4c3oc-2c1)CCCN5C. The first-order valence-electron chi connectivity index (χ1n) is 14.0. The number of aromatic carboxylic acids is 1. The average molecular weight is 540 g/mol. The summed E-state index contributed by atoms with van der Waals surface area (Å²) < 4.78 is 14.7. The lowest BCUT2D eigenvalue weighted by Gasteiger charge is -2.27. The highest BCUT2D eigenvalue weighted by Crippen LogP contribution is 2.42. The third-order valence-electron chi connectivity index (χ3n) is 7.66. The molecule has 40 heavy (non-hydrogen) atoms. The molecule has 3 aromatic rings. The minimum Gasteiger partial charge on any atom is -0.478 e. The van der Waals surface area contributed by atoms with Crippen molar-refractivity contribution in [2.45, 2.75) is 40.5 Å². The highest BCUT2D eigenvalue weighted by atomic mass is 16.4. The topological polar surface area (TPSA) is 86.9 Å². The van der Waals surface area contributed by atoms with Gasteiger partial charge in [0.1, 0.15) is 29.8 Å². The van der Waals surface area contributed by atoms with E-state index in [4.69, 9.17) is 8.83 Å². The van der Waals surface area contributed by atoms with Gasteiger partial charge in [-0.3, -0.25) is 0 Å². The van der Waals surface area contributed by atoms with Crippen LogP contribution in [0.4, 0.5) is 5.69 Å². The predicted octanol–water partition coefficient (Wildman–Crippen LogP) is 6.23. The zero-order valence-electron chi connectivity index (χ0n) is 23.7. The molecule has 206 valence electrons. The Balaban J connectivity index is 0.00000158. The van der Waals surface area contributed by atoms with Crippen LogP contribution >= 0.6 is 0 Å². The van der Waals surface area contributed by atoms with E-state index in [0.717, 1.165) is 43.5 Å². The summed E-state index contributed by atoms with van der Waals surface area (Å²) in [7, 11) is 2.04. The molecule has 3 heterocycles. The third kappa shape index (κ3) is 4.45. The quantitative estimate of drug-likeness (QED) is 0.126. The van der Waals surface area contributed by atoms with Crippen molar-refractivity contribution in [2.24, 2.45) is 0 Å². The van der Waals surface area contributed by atoms with E-state index < -0.39 is 11.6 Å². The molecule has 1 aliphatic carbocycles. The maximum atomic E-state index is 13.6. The van der Waals surface area contributed by atoms with Crippen molar-refractivity contribution in [2.75, 3.05) is 31.6 Å². The van der Waals surface area contributed by atoms with Crippen LogP contribution in [0.5, 0.6) is 0 Å². The number of rotatable bonds is 4. The molecule has 2 aromatic carbocycles. The molecule has 0 unspecified atom stereocenters. The van der Waals surface area contributed by atoms with Gasteiger partial charge in [0.05, 0.1) is 17.0 Å². The van der Waals surface area contributed by atoms with E-state index in [-0.39, 0.29) is 10.9 Å². The van der Waals surface area contributed by atoms with Gasteiger partial charge in [-0.25, -0.2) is 14.2 Å². The number of fused-ring (bicyclic) bond motifs is 5. The number of nitrogens with zero attached hydrogens (tertiary/aromatic N) is 2. The van der Waals surface area contributed by atoms with E-state index in [2.05, 4.69) is 29.4 Å². The fourth-order valence-electron chi connectivity index (χ4n) is 5.76. The maximum absolute atomic E-state index is 13.6. The van der Waals surface area contributed by atoms with E-state index in [9.17, 15) is 14.7 Å². The summed E-state index contributed by atoms with van der Waals surface area (Å²) in [5.41, 5.74) is 4.25. The van der Waals surface area contributed by atoms with Crippen LogP contribution in [0.25, 0.3) is 44.4 Å². The molecule has 2 aliphatic heterocycles. The summed E-state index contributed by atoms with van der Waals surface area (Å²) in [6.45, 7) is 10.8. The molecular formula is C33H35N2O5+. The van der Waals surface area contributed by atoms with Gasteiger partial charge < -0.3 is 18.8 Å². The van der Waals surface area contributed by atoms with Gasteiger partial charge in [0.25, 0.3) is 0 Å². The minimum absolute atomic E-state index is 0.112. The Hall–Kier alpha value is -4.39. The van der Waals surface area contributed by atoms with Gasteiger partial charge in [-0.1, -0.05) is 32.0 Å². The van der Waals surface area contributed by atoms with Crippen LogP contribution in [0.3, 0.4) is 0 Å². The molecule has 0 radical (unpaired) electrons. The van der Waals surface area contributed by atoms with Gasteiger partial charge >= 0.3 is 11.6 Å². The zero-order valence-corrected chi connectivity index (χ0v) is 23.7. The molecule has 0 fully saturated rings. The number of benzene rings is 3. The molecule has 6 rings (SSSR count). The first kappa shape index (κ1) is 27.2. The van der Waals surface area contributed by atoms with E-state index in [1.54, 1.807) is 24.3 Å². The van der Waals surface area contributed by atoms with Crippen molar-refractivity contribution < 1.29 is 18.7 Å². The van der Waals surface area contributed by atoms with Crippen LogP contribution in [-0.4, -0.2) is 37.8 Å². The number of hydrogen-bond donors (Lipinski definition) is 1. The summed E-state index contributed by atoms with van der Waals surface area (Å²) in [5, 5.41) is 12.0. The van der Waals surface area contributed by atoms with Gasteiger partial charge in [0.2, 0.25) is 5.36 Å². The minimum atomic E-state index is -1.07. The van der Waals surface area contributed by atoms with Gasteiger partial charge in [-0.2, -0.15) is 0 Å². The van der Waals surface area contributed by atoms with Crippen LogP contribution in [-0.2, 0) is 6.42 Å². The van der Waals surface area contributed by atoms with Crippen molar-refractivity contribution in [3.05, 3.63) is 81.5 Å². The van der Waals surface area contributed by atoms with E-state index >= 15 is 0 Å². The Kier molecular flexibility index (Phi) is 7.48. The van der Waals surface area contributed by atoms with Crippen LogP contribution < -0.4 is 20.5 Å². The molecule has 0 spiro atoms. The number of hydrogen-bond acceptors (Lipinski definition) is 5. The summed E-state index contributed by atoms with van der Waals surface area (Å²) in [6, 6.07) is 16.6. The fraction of sp³-hybridized carbons (Fsp3) is 0.303. The molecule has 0 saturated carbocycles. The highest BCUT2D eigenvalue weighted by molar-refractivity contribution is 6.13. The second-order valence-corrected chi connectivity index (χ2v) is 9.78. The zero-order chi connectivity index (χ0) is 28.6. The third-order valence-corrected chi connectivity index (χ3v) is 7.66. The Morgan fingerprint density at radius 2 is 1.75 bits per heavy atom. The fourth-order valence-corrected chi connectivity index (χ4v) is 5.76. The standard InChI is InChI=1S/C31H28N2O5.C2H6/c1-4-33(5-2)19-12-13-22-25(16-19)37-29-23-15-18-9-8-14-32(3)24(18)17-26(23)38-31(36)28(29)27(22)20-10-6-7-11-21(20)30(34)35;1-2/h6-7,10-13,15-17H,4-5,8-9,14H2,1-3H3;1-2H3/p+1. The molecule has 3 aliphatic rings. The number of carboxylic acids is 1. The van der Waals surface area contributed by atoms with Crippen LogP contribution in [0.15, 0.2) is 68.2 Å². The van der Waals surface area contributed by atoms with Gasteiger partial charge in [0, 0.05) is 42.5 Å². The Bertz CT molecular complexity index is 1840. The Morgan fingerprint density at radius 1 is 1.00 bits per heavy atom. The smallest absolute Gasteiger partial charge is 0.348 e. The largest absolute Gasteiger partial charge is 0.478 e. The summed E-state index contributed by atoms with van der Waals surface area (Å²) in [6.07, 6.45) is 1.96. The van der Waals surface area contributed by atoms with Gasteiger partial charge in [-0.05, 0) is 56.0 Å². The second-order valence-electron chi connectivity index (χ2n) is 9.78. The second kappa shape index (κ2) is 11.0. The normalized spacial score (nSPS) is 12.8. The van der Waals surface area contributed by atoms with Crippen LogP contribution in [0.1, 0.15) is 50.0 Å². The molecule has 7 nitrogen and oxygen atoms in total. The molecular weight excluding hydrogens is 504 g/mol. The van der Waals surface area contributed by atoms with E-state index in [0.29, 0.717) is 39.0 Å². The van der Waals surface area contributed by atoms with E-state index in [1.807, 2.05) is 45.2 Å². The summed E-state index contributed by atoms with van der Waals surface area (Å²) >= 11 is 0. The summed E-state index contributed by atoms with van der Waals surface area (Å²) in [4.78, 5) is 28.0. The predicted molar refractivity (Wildman–Crippen MR) is 161 cm³/mol. The Labute approximate surface area is 232 Å². The molecule has 0 saturated heterocycles. The summed E-state index contributed by atoms with van der Waals surface area (Å²) in [5.74, 6) is -0.483. The molecule has 0 bridgehead atoms. The van der Waals surface area contributed by atoms with Crippen molar-refractivity contribution in [3.63, 3.8) is 0 Å². The number of carboxylic acid groups (broad SMARTS) is 1. The molecule has 1 aromatic heterocycles. The number of aryl methyl sites for hydroxylation is 1. The maximum Gasteiger partial charge on any atom is 0.348 e. The molecule has 0 amide bonds. The van der Waals surface area contributed by atoms with Gasteiger partial charge in [0.15, 0.2) is 5.58 Å². The van der Waals surface area contributed by atoms with Crippen molar-refractivity contribution in [1.29, 1.82) is 0 Å². The van der Waals surface area contributed by atoms with Crippen molar-refractivity contribution >= 4 is 33.6 Å².